The molecule has 0 fully saturated rings. The summed E-state index contributed by atoms with van der Waals surface area (Å²) in [6, 6.07) is 0. The fraction of sp³-hybridized carbons (Fsp3) is 0.167. The second-order valence-electron chi connectivity index (χ2n) is 3.38. The van der Waals surface area contributed by atoms with E-state index in [2.05, 4.69) is 27.4 Å². The Morgan fingerprint density at radius 2 is 1.69 bits per heavy atom. The first-order valence-electron chi connectivity index (χ1n) is 4.99. The Kier molecular flexibility index (Phi) is 3.96. The van der Waals surface area contributed by atoms with Crippen molar-refractivity contribution in [2.75, 3.05) is 7.11 Å². The third kappa shape index (κ3) is 2.62. The Labute approximate surface area is 101 Å². The van der Waals surface area contributed by atoms with Gasteiger partial charge >= 0.3 is 5.97 Å². The maximum atomic E-state index is 11.7. The second-order valence-corrected chi connectivity index (χ2v) is 7.21. The van der Waals surface area contributed by atoms with Gasteiger partial charge in [-0.25, -0.2) is 10.9 Å². The molecule has 0 N–H and O–H groups in total. The molecule has 0 saturated heterocycles. The Balaban J connectivity index is 2.05. The minimum atomic E-state index is -0.513. The summed E-state index contributed by atoms with van der Waals surface area (Å²) < 4.78 is 4.88. The van der Waals surface area contributed by atoms with Gasteiger partial charge in [-0.3, -0.25) is 4.79 Å². The molecule has 0 aliphatic carbocycles. The van der Waals surface area contributed by atoms with E-state index in [1.54, 1.807) is 0 Å². The van der Waals surface area contributed by atoms with Crippen molar-refractivity contribution in [3.63, 3.8) is 0 Å². The molecule has 2 rings (SSSR count). The quantitative estimate of drug-likeness (QED) is 0.597. The van der Waals surface area contributed by atoms with Crippen LogP contribution in [-0.2, 0) is 9.53 Å². The van der Waals surface area contributed by atoms with E-state index in [-0.39, 0.29) is 22.1 Å². The van der Waals surface area contributed by atoms with Crippen molar-refractivity contribution in [2.45, 2.75) is 5.25 Å². The molecule has 2 heterocycles. The van der Waals surface area contributed by atoms with Crippen molar-refractivity contribution in [3.05, 3.63) is 51.7 Å². The first kappa shape index (κ1) is 11.6. The number of carbonyl (C=O) groups is 1. The summed E-state index contributed by atoms with van der Waals surface area (Å²) in [5.74, 6) is 2.01. The van der Waals surface area contributed by atoms with Gasteiger partial charge in [-0.1, -0.05) is 24.3 Å². The zero-order valence-electron chi connectivity index (χ0n) is 8.98. The molecule has 0 bridgehead atoms. The van der Waals surface area contributed by atoms with E-state index in [0.29, 0.717) is 0 Å². The highest BCUT2D eigenvalue weighted by Crippen LogP contribution is 2.47. The molecular weight excluding hydrogens is 240 g/mol. The van der Waals surface area contributed by atoms with E-state index in [0.717, 1.165) is 0 Å². The van der Waals surface area contributed by atoms with Crippen LogP contribution in [-0.4, -0.2) is 18.3 Å². The van der Waals surface area contributed by atoms with E-state index in [1.807, 2.05) is 24.3 Å². The van der Waals surface area contributed by atoms with E-state index >= 15 is 0 Å². The number of hydrogen-bond acceptors (Lipinski definition) is 2. The fourth-order valence-electron chi connectivity index (χ4n) is 1.52. The Morgan fingerprint density at radius 3 is 2.25 bits per heavy atom. The summed E-state index contributed by atoms with van der Waals surface area (Å²) in [5, 5.41) is 8.39. The molecule has 0 aromatic rings. The molecule has 1 radical (unpaired) electrons. The summed E-state index contributed by atoms with van der Waals surface area (Å²) in [6.45, 7) is 0. The molecule has 87 valence electrons. The van der Waals surface area contributed by atoms with Gasteiger partial charge < -0.3 is 4.74 Å². The lowest BCUT2D eigenvalue weighted by molar-refractivity contribution is -0.139. The maximum Gasteiger partial charge on any atom is 0.318 e. The van der Waals surface area contributed by atoms with E-state index in [4.69, 9.17) is 4.74 Å². The molecule has 2 aliphatic heterocycles. The van der Waals surface area contributed by atoms with Crippen LogP contribution in [0, 0.1) is 5.75 Å². The predicted molar refractivity (Wildman–Crippen MR) is 74.6 cm³/mol. The molecule has 0 amide bonds. The molecular formula is C12H15O2S2. The van der Waals surface area contributed by atoms with Crippen molar-refractivity contribution in [1.82, 2.24) is 0 Å². The van der Waals surface area contributed by atoms with E-state index in [9.17, 15) is 4.79 Å². The average Bonchev–Trinajstić information content (AvgIpc) is 2.97. The van der Waals surface area contributed by atoms with Crippen LogP contribution in [0.15, 0.2) is 45.9 Å². The average molecular weight is 255 g/mol. The maximum absolute atomic E-state index is 11.7. The van der Waals surface area contributed by atoms with Gasteiger partial charge in [-0.2, -0.15) is 10.9 Å². The number of thiol groups is 2. The summed E-state index contributed by atoms with van der Waals surface area (Å²) in [6.07, 6.45) is 8.07. The highest BCUT2D eigenvalue weighted by atomic mass is 32.2. The van der Waals surface area contributed by atoms with Crippen LogP contribution in [0.1, 0.15) is 0 Å². The lowest BCUT2D eigenvalue weighted by atomic mass is 10.5. The first-order valence-corrected chi connectivity index (χ1v) is 8.09. The van der Waals surface area contributed by atoms with Crippen molar-refractivity contribution >= 4 is 27.8 Å². The highest BCUT2D eigenvalue weighted by Gasteiger charge is 2.26. The van der Waals surface area contributed by atoms with Crippen LogP contribution >= 0.6 is 21.8 Å². The number of methoxy groups -OCH3 is 1. The number of carbonyl (C=O) groups excluding carboxylic acids is 1. The van der Waals surface area contributed by atoms with Crippen LogP contribution < -0.4 is 0 Å². The van der Waals surface area contributed by atoms with Crippen molar-refractivity contribution in [2.24, 2.45) is 0 Å². The van der Waals surface area contributed by atoms with Gasteiger partial charge in [-0.15, -0.1) is 0 Å². The first-order chi connectivity index (χ1) is 7.81. The third-order valence-electron chi connectivity index (χ3n) is 2.33. The molecule has 2 aliphatic rings. The van der Waals surface area contributed by atoms with Gasteiger partial charge in [0.05, 0.1) is 7.11 Å². The minimum Gasteiger partial charge on any atom is -0.468 e. The van der Waals surface area contributed by atoms with Crippen LogP contribution in [0.3, 0.4) is 0 Å². The molecule has 4 heteroatoms. The predicted octanol–water partition coefficient (Wildman–Crippen LogP) is 2.77. The summed E-state index contributed by atoms with van der Waals surface area (Å²) in [5.41, 5.74) is 0. The van der Waals surface area contributed by atoms with Gasteiger partial charge in [0.15, 0.2) is 0 Å². The van der Waals surface area contributed by atoms with E-state index < -0.39 is 10.9 Å². The Bertz CT molecular complexity index is 358. The lowest BCUT2D eigenvalue weighted by Crippen LogP contribution is -2.21. The monoisotopic (exact) mass is 255 g/mol. The number of rotatable bonds is 4. The van der Waals surface area contributed by atoms with Crippen molar-refractivity contribution in [3.8, 4) is 0 Å². The topological polar surface area (TPSA) is 26.3 Å². The van der Waals surface area contributed by atoms with Crippen LogP contribution in [0.25, 0.3) is 0 Å². The second kappa shape index (κ2) is 5.46. The van der Waals surface area contributed by atoms with Gasteiger partial charge in [-0.05, 0) is 21.6 Å². The van der Waals surface area contributed by atoms with E-state index in [1.165, 1.54) is 7.11 Å². The standard InChI is InChI=1S/C12H15O2S2/c1-14-12(13)11(16-8-4-5-9-16)10-15-6-2-3-7-15/h2-11,15-16H,1H3. The van der Waals surface area contributed by atoms with Crippen LogP contribution in [0.2, 0.25) is 0 Å². The zero-order valence-corrected chi connectivity index (χ0v) is 10.8. The SMILES string of the molecule is COC(=O)C([CH][SH]1C=CC=C1)[SH]1C=CC=C1. The summed E-state index contributed by atoms with van der Waals surface area (Å²) in [7, 11) is 0.564. The van der Waals surface area contributed by atoms with Crippen molar-refractivity contribution < 1.29 is 9.53 Å². The third-order valence-corrected chi connectivity index (χ3v) is 6.28. The van der Waals surface area contributed by atoms with Gasteiger partial charge in [0, 0.05) is 5.75 Å². The van der Waals surface area contributed by atoms with Crippen molar-refractivity contribution in [1.29, 1.82) is 0 Å². The summed E-state index contributed by atoms with van der Waals surface area (Å²) >= 11 is 0. The zero-order chi connectivity index (χ0) is 11.4. The molecule has 1 unspecified atom stereocenters. The molecule has 16 heavy (non-hydrogen) atoms. The largest absolute Gasteiger partial charge is 0.468 e. The molecule has 0 spiro atoms. The minimum absolute atomic E-state index is 0.103. The molecule has 0 saturated carbocycles. The number of esters is 1. The Hall–Kier alpha value is -0.870. The molecule has 0 aromatic carbocycles. The highest BCUT2D eigenvalue weighted by molar-refractivity contribution is 8.27. The van der Waals surface area contributed by atoms with Crippen LogP contribution in [0.5, 0.6) is 0 Å². The molecule has 1 atom stereocenters. The smallest absolute Gasteiger partial charge is 0.318 e. The molecule has 2 nitrogen and oxygen atoms in total. The number of hydrogen-bond donors (Lipinski definition) is 2. The van der Waals surface area contributed by atoms with Gasteiger partial charge in [0.25, 0.3) is 0 Å². The normalized spacial score (nSPS) is 23.1. The van der Waals surface area contributed by atoms with Gasteiger partial charge in [0.1, 0.15) is 5.25 Å². The number of allylic oxidation sites excluding steroid dienone is 4. The fourth-order valence-corrected chi connectivity index (χ4v) is 5.36. The Morgan fingerprint density at radius 1 is 1.12 bits per heavy atom. The lowest BCUT2D eigenvalue weighted by Gasteiger charge is -2.24. The number of ether oxygens (including phenoxy) is 1. The van der Waals surface area contributed by atoms with Crippen LogP contribution in [0.4, 0.5) is 0 Å². The molecule has 0 aromatic heterocycles. The summed E-state index contributed by atoms with van der Waals surface area (Å²) in [4.78, 5) is 11.7. The van der Waals surface area contributed by atoms with Gasteiger partial charge in [0.2, 0.25) is 0 Å².